The van der Waals surface area contributed by atoms with Gasteiger partial charge in [0.25, 0.3) is 0 Å². The molecule has 0 unspecified atom stereocenters. The zero-order valence-electron chi connectivity index (χ0n) is 13.8. The maximum Gasteiger partial charge on any atom is 0.367 e. The van der Waals surface area contributed by atoms with Crippen LogP contribution in [-0.4, -0.2) is 17.8 Å². The van der Waals surface area contributed by atoms with Gasteiger partial charge in [0.2, 0.25) is 0 Å². The van der Waals surface area contributed by atoms with Crippen LogP contribution in [0, 0.1) is 11.8 Å². The minimum absolute atomic E-state index is 0.0366. The number of cyclic esters (lactones) is 1. The second kappa shape index (κ2) is 7.28. The highest BCUT2D eigenvalue weighted by molar-refractivity contribution is 6.04. The third-order valence-electron chi connectivity index (χ3n) is 5.06. The number of hydrogen-bond acceptors (Lipinski definition) is 5. The van der Waals surface area contributed by atoms with E-state index in [9.17, 15) is 9.59 Å². The van der Waals surface area contributed by atoms with E-state index in [1.165, 1.54) is 12.8 Å². The summed E-state index contributed by atoms with van der Waals surface area (Å²) >= 11 is 0. The first-order valence-electron chi connectivity index (χ1n) is 8.88. The van der Waals surface area contributed by atoms with Crippen molar-refractivity contribution in [3.05, 3.63) is 11.5 Å². The summed E-state index contributed by atoms with van der Waals surface area (Å²) in [6.07, 6.45) is 10.4. The minimum atomic E-state index is -0.487. The minimum Gasteiger partial charge on any atom is -0.428 e. The van der Waals surface area contributed by atoms with Crippen molar-refractivity contribution < 1.29 is 19.1 Å². The second-order valence-electron chi connectivity index (χ2n) is 6.82. The molecule has 126 valence electrons. The number of esters is 2. The zero-order chi connectivity index (χ0) is 16.2. The molecule has 2 aliphatic carbocycles. The highest BCUT2D eigenvalue weighted by Crippen LogP contribution is 2.35. The number of carbonyl (C=O) groups is 2. The summed E-state index contributed by atoms with van der Waals surface area (Å²) in [6.45, 7) is 1.65. The summed E-state index contributed by atoms with van der Waals surface area (Å²) in [6, 6.07) is 0. The molecular weight excluding hydrogens is 294 g/mol. The first kappa shape index (κ1) is 16.2. The molecule has 2 fully saturated rings. The van der Waals surface area contributed by atoms with Crippen LogP contribution in [0.1, 0.15) is 71.1 Å². The van der Waals surface area contributed by atoms with Gasteiger partial charge in [-0.15, -0.1) is 0 Å². The van der Waals surface area contributed by atoms with Crippen LogP contribution in [-0.2, 0) is 19.1 Å². The number of carbonyl (C=O) groups excluding carboxylic acids is 2. The van der Waals surface area contributed by atoms with Gasteiger partial charge in [-0.2, -0.15) is 0 Å². The van der Waals surface area contributed by atoms with Crippen molar-refractivity contribution in [2.24, 2.45) is 16.8 Å². The first-order valence-corrected chi connectivity index (χ1v) is 8.88. The molecule has 1 heterocycles. The first-order chi connectivity index (χ1) is 11.1. The van der Waals surface area contributed by atoms with Gasteiger partial charge >= 0.3 is 11.9 Å². The molecule has 3 aliphatic rings. The van der Waals surface area contributed by atoms with E-state index < -0.39 is 5.97 Å². The fourth-order valence-electron chi connectivity index (χ4n) is 3.78. The summed E-state index contributed by atoms with van der Waals surface area (Å²) < 4.78 is 10.8. The molecule has 0 N–H and O–H groups in total. The molecule has 0 radical (unpaired) electrons. The van der Waals surface area contributed by atoms with E-state index in [-0.39, 0.29) is 23.5 Å². The van der Waals surface area contributed by atoms with Crippen molar-refractivity contribution in [2.45, 2.75) is 71.1 Å². The third-order valence-corrected chi connectivity index (χ3v) is 5.06. The highest BCUT2D eigenvalue weighted by Gasteiger charge is 2.34. The molecule has 5 nitrogen and oxygen atoms in total. The van der Waals surface area contributed by atoms with Crippen LogP contribution in [0.2, 0.25) is 0 Å². The Balaban J connectivity index is 1.81. The summed E-state index contributed by atoms with van der Waals surface area (Å²) in [5.74, 6) is 0.179. The van der Waals surface area contributed by atoms with Crippen LogP contribution >= 0.6 is 0 Å². The lowest BCUT2D eigenvalue weighted by Crippen LogP contribution is -2.24. The molecule has 5 heteroatoms. The van der Waals surface area contributed by atoms with E-state index >= 15 is 0 Å². The van der Waals surface area contributed by atoms with E-state index in [0.29, 0.717) is 11.7 Å². The molecule has 0 bridgehead atoms. The summed E-state index contributed by atoms with van der Waals surface area (Å²) in [5, 5.41) is 0. The number of nitrogens with zero attached hydrogens (tertiary/aromatic N) is 1. The molecule has 1 aliphatic heterocycles. The van der Waals surface area contributed by atoms with Gasteiger partial charge in [-0.25, -0.2) is 9.79 Å². The predicted octanol–water partition coefficient (Wildman–Crippen LogP) is 3.88. The Labute approximate surface area is 137 Å². The average Bonchev–Trinajstić information content (AvgIpc) is 2.92. The molecule has 0 amide bonds. The second-order valence-corrected chi connectivity index (χ2v) is 6.82. The van der Waals surface area contributed by atoms with Gasteiger partial charge in [-0.05, 0) is 25.7 Å². The third kappa shape index (κ3) is 3.82. The summed E-state index contributed by atoms with van der Waals surface area (Å²) in [4.78, 5) is 28.8. The number of rotatable bonds is 3. The maximum atomic E-state index is 12.5. The van der Waals surface area contributed by atoms with Gasteiger partial charge in [0.05, 0.1) is 5.92 Å². The smallest absolute Gasteiger partial charge is 0.367 e. The number of aliphatic imine (C=N–C) groups is 1. The van der Waals surface area contributed by atoms with Crippen LogP contribution in [0.15, 0.2) is 16.4 Å². The molecule has 0 aromatic heterocycles. The van der Waals surface area contributed by atoms with Gasteiger partial charge in [0.15, 0.2) is 11.6 Å². The Kier molecular flexibility index (Phi) is 5.13. The van der Waals surface area contributed by atoms with Gasteiger partial charge in [0.1, 0.15) is 5.76 Å². The molecule has 3 rings (SSSR count). The fraction of sp³-hybridized carbons (Fsp3) is 0.722. The Bertz CT molecular complexity index is 537. The van der Waals surface area contributed by atoms with Crippen LogP contribution in [0.4, 0.5) is 0 Å². The molecule has 23 heavy (non-hydrogen) atoms. The maximum absolute atomic E-state index is 12.5. The molecular formula is C18H25NO4. The number of hydrogen-bond donors (Lipinski definition) is 0. The van der Waals surface area contributed by atoms with Crippen molar-refractivity contribution >= 4 is 17.8 Å². The quantitative estimate of drug-likeness (QED) is 0.450. The largest absolute Gasteiger partial charge is 0.428 e. The lowest BCUT2D eigenvalue weighted by atomic mass is 9.86. The normalized spacial score (nSPS) is 25.8. The Morgan fingerprint density at radius 2 is 1.57 bits per heavy atom. The Morgan fingerprint density at radius 1 is 1.00 bits per heavy atom. The molecule has 0 saturated heterocycles. The lowest BCUT2D eigenvalue weighted by molar-refractivity contribution is -0.146. The zero-order valence-corrected chi connectivity index (χ0v) is 13.8. The van der Waals surface area contributed by atoms with E-state index in [1.807, 2.05) is 0 Å². The molecule has 0 aromatic rings. The van der Waals surface area contributed by atoms with Crippen molar-refractivity contribution in [3.63, 3.8) is 0 Å². The molecule has 0 atom stereocenters. The fourth-order valence-corrected chi connectivity index (χ4v) is 3.78. The monoisotopic (exact) mass is 319 g/mol. The van der Waals surface area contributed by atoms with E-state index in [1.54, 1.807) is 6.92 Å². The van der Waals surface area contributed by atoms with Crippen LogP contribution in [0.25, 0.3) is 0 Å². The van der Waals surface area contributed by atoms with Crippen LogP contribution in [0.3, 0.4) is 0 Å². The molecule has 0 aromatic carbocycles. The Hall–Kier alpha value is -1.65. The standard InChI is InChI=1S/C18H25NO4/c1-12-19-15(18(21)22-12)16(13-8-4-2-5-9-13)23-17(20)14-10-6-3-7-11-14/h13-14H,2-11H2,1H3. The van der Waals surface area contributed by atoms with Gasteiger partial charge in [0, 0.05) is 12.8 Å². The number of ether oxygens (including phenoxy) is 2. The van der Waals surface area contributed by atoms with Crippen molar-refractivity contribution in [1.29, 1.82) is 0 Å². The van der Waals surface area contributed by atoms with E-state index in [0.717, 1.165) is 51.4 Å². The van der Waals surface area contributed by atoms with Crippen LogP contribution in [0.5, 0.6) is 0 Å². The van der Waals surface area contributed by atoms with Gasteiger partial charge in [-0.1, -0.05) is 38.5 Å². The molecule has 0 spiro atoms. The molecule has 2 saturated carbocycles. The van der Waals surface area contributed by atoms with Gasteiger partial charge in [-0.3, -0.25) is 4.79 Å². The number of allylic oxidation sites excluding steroid dienone is 1. The van der Waals surface area contributed by atoms with Gasteiger partial charge < -0.3 is 9.47 Å². The van der Waals surface area contributed by atoms with E-state index in [4.69, 9.17) is 9.47 Å². The van der Waals surface area contributed by atoms with Crippen molar-refractivity contribution in [2.75, 3.05) is 0 Å². The van der Waals surface area contributed by atoms with E-state index in [2.05, 4.69) is 4.99 Å². The van der Waals surface area contributed by atoms with Crippen molar-refractivity contribution in [1.82, 2.24) is 0 Å². The average molecular weight is 319 g/mol. The van der Waals surface area contributed by atoms with Crippen molar-refractivity contribution in [3.8, 4) is 0 Å². The SMILES string of the molecule is CC1=NC(=C(OC(=O)C2CCCCC2)C2CCCCC2)C(=O)O1. The lowest BCUT2D eigenvalue weighted by Gasteiger charge is -2.26. The summed E-state index contributed by atoms with van der Waals surface area (Å²) in [7, 11) is 0. The van der Waals surface area contributed by atoms with Crippen LogP contribution < -0.4 is 0 Å². The Morgan fingerprint density at radius 3 is 2.09 bits per heavy atom. The topological polar surface area (TPSA) is 65.0 Å². The highest BCUT2D eigenvalue weighted by atomic mass is 16.6. The summed E-state index contributed by atoms with van der Waals surface area (Å²) in [5.41, 5.74) is 0.207. The predicted molar refractivity (Wildman–Crippen MR) is 85.5 cm³/mol.